The third-order valence-electron chi connectivity index (χ3n) is 5.30. The fourth-order valence-electron chi connectivity index (χ4n) is 3.82. The quantitative estimate of drug-likeness (QED) is 0.443. The average molecular weight is 414 g/mol. The number of aromatic nitrogens is 1. The first-order valence-electron chi connectivity index (χ1n) is 9.18. The van der Waals surface area contributed by atoms with Gasteiger partial charge in [0.15, 0.2) is 5.41 Å². The van der Waals surface area contributed by atoms with Crippen LogP contribution in [0, 0.1) is 0 Å². The number of benzene rings is 2. The number of ketones is 1. The highest BCUT2D eigenvalue weighted by Gasteiger charge is 2.51. The lowest BCUT2D eigenvalue weighted by atomic mass is 9.75. The average Bonchev–Trinajstić information content (AvgIpc) is 3.03. The Bertz CT molecular complexity index is 1100. The SMILES string of the molecule is CCn1c(C(=O)c2ccc(Cl)cc2)c(C(CC)(C(=O)O)C(=O)O)c2ccccc21. The molecule has 0 aliphatic carbocycles. The predicted molar refractivity (Wildman–Crippen MR) is 110 cm³/mol. The molecule has 3 rings (SSSR count). The maximum absolute atomic E-state index is 13.5. The summed E-state index contributed by atoms with van der Waals surface area (Å²) < 4.78 is 1.68. The summed E-state index contributed by atoms with van der Waals surface area (Å²) in [5.41, 5.74) is -1.26. The van der Waals surface area contributed by atoms with Gasteiger partial charge in [-0.25, -0.2) is 0 Å². The second kappa shape index (κ2) is 7.72. The molecule has 3 aromatic rings. The van der Waals surface area contributed by atoms with Crippen molar-refractivity contribution in [2.24, 2.45) is 0 Å². The molecule has 0 saturated carbocycles. The van der Waals surface area contributed by atoms with Crippen LogP contribution in [-0.4, -0.2) is 32.5 Å². The molecule has 0 bridgehead atoms. The molecule has 0 radical (unpaired) electrons. The Balaban J connectivity index is 2.47. The molecule has 2 N–H and O–H groups in total. The van der Waals surface area contributed by atoms with Gasteiger partial charge in [-0.05, 0) is 43.7 Å². The van der Waals surface area contributed by atoms with Crippen LogP contribution >= 0.6 is 11.6 Å². The predicted octanol–water partition coefficient (Wildman–Crippen LogP) is 4.36. The van der Waals surface area contributed by atoms with E-state index in [2.05, 4.69) is 0 Å². The zero-order chi connectivity index (χ0) is 21.3. The Morgan fingerprint density at radius 3 is 2.07 bits per heavy atom. The van der Waals surface area contributed by atoms with E-state index in [-0.39, 0.29) is 17.7 Å². The van der Waals surface area contributed by atoms with Gasteiger partial charge >= 0.3 is 11.9 Å². The van der Waals surface area contributed by atoms with Crippen molar-refractivity contribution in [2.75, 3.05) is 0 Å². The topological polar surface area (TPSA) is 96.6 Å². The van der Waals surface area contributed by atoms with Gasteiger partial charge in [0.1, 0.15) is 0 Å². The van der Waals surface area contributed by atoms with E-state index in [9.17, 15) is 24.6 Å². The van der Waals surface area contributed by atoms with E-state index in [0.717, 1.165) is 0 Å². The second-order valence-corrected chi connectivity index (χ2v) is 7.13. The van der Waals surface area contributed by atoms with Gasteiger partial charge in [-0.15, -0.1) is 0 Å². The van der Waals surface area contributed by atoms with E-state index in [1.54, 1.807) is 53.1 Å². The van der Waals surface area contributed by atoms with Crippen LogP contribution in [0.5, 0.6) is 0 Å². The molecule has 150 valence electrons. The summed E-state index contributed by atoms with van der Waals surface area (Å²) in [6.07, 6.45) is -0.212. The van der Waals surface area contributed by atoms with Crippen molar-refractivity contribution in [3.05, 3.63) is 70.4 Å². The molecule has 2 aromatic carbocycles. The molecule has 0 amide bonds. The van der Waals surface area contributed by atoms with Crippen molar-refractivity contribution in [3.8, 4) is 0 Å². The number of aryl methyl sites for hydroxylation is 1. The summed E-state index contributed by atoms with van der Waals surface area (Å²) in [6, 6.07) is 13.1. The van der Waals surface area contributed by atoms with Gasteiger partial charge in [0, 0.05) is 33.6 Å². The molecule has 0 unspecified atom stereocenters. The van der Waals surface area contributed by atoms with E-state index in [0.29, 0.717) is 28.0 Å². The highest BCUT2D eigenvalue weighted by molar-refractivity contribution is 6.30. The van der Waals surface area contributed by atoms with Crippen LogP contribution in [0.4, 0.5) is 0 Å². The smallest absolute Gasteiger partial charge is 0.325 e. The minimum atomic E-state index is -2.25. The fourth-order valence-corrected chi connectivity index (χ4v) is 3.95. The summed E-state index contributed by atoms with van der Waals surface area (Å²) in [4.78, 5) is 38.0. The summed E-state index contributed by atoms with van der Waals surface area (Å²) in [5, 5.41) is 20.9. The number of rotatable bonds is 7. The molecule has 0 atom stereocenters. The van der Waals surface area contributed by atoms with Gasteiger partial charge in [0.25, 0.3) is 0 Å². The largest absolute Gasteiger partial charge is 0.480 e. The summed E-state index contributed by atoms with van der Waals surface area (Å²) in [7, 11) is 0. The van der Waals surface area contributed by atoms with E-state index in [4.69, 9.17) is 11.6 Å². The van der Waals surface area contributed by atoms with E-state index in [1.807, 2.05) is 6.92 Å². The van der Waals surface area contributed by atoms with Crippen LogP contribution in [0.15, 0.2) is 48.5 Å². The van der Waals surface area contributed by atoms with Crippen molar-refractivity contribution in [1.29, 1.82) is 0 Å². The lowest BCUT2D eigenvalue weighted by Gasteiger charge is -2.25. The molecule has 7 heteroatoms. The number of hydrogen-bond donors (Lipinski definition) is 2. The maximum atomic E-state index is 13.5. The third kappa shape index (κ3) is 3.09. The van der Waals surface area contributed by atoms with Gasteiger partial charge in [0.05, 0.1) is 5.69 Å². The number of carboxylic acid groups (broad SMARTS) is 2. The van der Waals surface area contributed by atoms with Crippen molar-refractivity contribution >= 4 is 40.2 Å². The van der Waals surface area contributed by atoms with E-state index in [1.165, 1.54) is 6.92 Å². The lowest BCUT2D eigenvalue weighted by Crippen LogP contribution is -2.44. The van der Waals surface area contributed by atoms with Crippen molar-refractivity contribution < 1.29 is 24.6 Å². The number of aliphatic carboxylic acids is 2. The molecule has 0 fully saturated rings. The Kier molecular flexibility index (Phi) is 5.48. The highest BCUT2D eigenvalue weighted by atomic mass is 35.5. The minimum Gasteiger partial charge on any atom is -0.480 e. The number of fused-ring (bicyclic) bond motifs is 1. The Morgan fingerprint density at radius 2 is 1.55 bits per heavy atom. The number of carbonyl (C=O) groups excluding carboxylic acids is 1. The molecule has 6 nitrogen and oxygen atoms in total. The minimum absolute atomic E-state index is 0.0115. The Labute approximate surface area is 172 Å². The molecule has 0 aliphatic heterocycles. The van der Waals surface area contributed by atoms with Gasteiger partial charge in [-0.1, -0.05) is 36.7 Å². The first-order valence-corrected chi connectivity index (χ1v) is 9.56. The monoisotopic (exact) mass is 413 g/mol. The zero-order valence-electron chi connectivity index (χ0n) is 16.0. The molecule has 1 aromatic heterocycles. The second-order valence-electron chi connectivity index (χ2n) is 6.69. The van der Waals surface area contributed by atoms with Crippen LogP contribution in [-0.2, 0) is 21.5 Å². The first-order chi connectivity index (χ1) is 13.8. The number of halogens is 1. The normalized spacial score (nSPS) is 11.6. The van der Waals surface area contributed by atoms with Crippen LogP contribution in [0.1, 0.15) is 41.9 Å². The number of carbonyl (C=O) groups is 3. The van der Waals surface area contributed by atoms with Crippen LogP contribution in [0.25, 0.3) is 10.9 Å². The van der Waals surface area contributed by atoms with Crippen molar-refractivity contribution in [1.82, 2.24) is 4.57 Å². The molecule has 0 spiro atoms. The summed E-state index contributed by atoms with van der Waals surface area (Å²) >= 11 is 5.92. The maximum Gasteiger partial charge on any atom is 0.325 e. The molecule has 1 heterocycles. The zero-order valence-corrected chi connectivity index (χ0v) is 16.7. The lowest BCUT2D eigenvalue weighted by molar-refractivity contribution is -0.157. The van der Waals surface area contributed by atoms with Gasteiger partial charge in [-0.3, -0.25) is 14.4 Å². The number of hydrogen-bond acceptors (Lipinski definition) is 3. The molecule has 0 aliphatic rings. The number of carboxylic acids is 2. The standard InChI is InChI=1S/C22H20ClNO5/c1-3-22(20(26)27,21(28)29)17-15-7-5-6-8-16(15)24(4-2)18(17)19(25)13-9-11-14(23)12-10-13/h5-12H,3-4H2,1-2H3,(H,26,27)(H,28,29). The first kappa shape index (κ1) is 20.6. The van der Waals surface area contributed by atoms with Gasteiger partial charge < -0.3 is 14.8 Å². The van der Waals surface area contributed by atoms with Crippen LogP contribution < -0.4 is 0 Å². The van der Waals surface area contributed by atoms with E-state index < -0.39 is 23.1 Å². The molecule has 29 heavy (non-hydrogen) atoms. The highest BCUT2D eigenvalue weighted by Crippen LogP contribution is 2.40. The van der Waals surface area contributed by atoms with E-state index >= 15 is 0 Å². The van der Waals surface area contributed by atoms with Crippen LogP contribution in [0.3, 0.4) is 0 Å². The van der Waals surface area contributed by atoms with Crippen molar-refractivity contribution in [3.63, 3.8) is 0 Å². The van der Waals surface area contributed by atoms with Gasteiger partial charge in [-0.2, -0.15) is 0 Å². The fraction of sp³-hybridized carbons (Fsp3) is 0.227. The number of para-hydroxylation sites is 1. The molecule has 0 saturated heterocycles. The third-order valence-corrected chi connectivity index (χ3v) is 5.55. The van der Waals surface area contributed by atoms with Gasteiger partial charge in [0.2, 0.25) is 5.78 Å². The Hall–Kier alpha value is -3.12. The Morgan fingerprint density at radius 1 is 0.966 bits per heavy atom. The van der Waals surface area contributed by atoms with Crippen LogP contribution in [0.2, 0.25) is 5.02 Å². The van der Waals surface area contributed by atoms with Crippen molar-refractivity contribution in [2.45, 2.75) is 32.2 Å². The molecular formula is C22H20ClNO5. The number of nitrogens with zero attached hydrogens (tertiary/aromatic N) is 1. The summed E-state index contributed by atoms with van der Waals surface area (Å²) in [6.45, 7) is 3.69. The molecular weight excluding hydrogens is 394 g/mol. The summed E-state index contributed by atoms with van der Waals surface area (Å²) in [5.74, 6) is -3.46.